The maximum atomic E-state index is 9.71. The van der Waals surface area contributed by atoms with Crippen molar-refractivity contribution in [2.45, 2.75) is 39.2 Å². The summed E-state index contributed by atoms with van der Waals surface area (Å²) in [5.74, 6) is 0. The number of nitrogens with zero attached hydrogens (tertiary/aromatic N) is 3. The van der Waals surface area contributed by atoms with E-state index in [0.717, 1.165) is 44.5 Å². The number of hydrogen-bond donors (Lipinski definition) is 1. The number of likely N-dealkylation sites (tertiary alicyclic amines) is 1. The Hall–Kier alpha value is -1.00. The monoisotopic (exact) mass is 249 g/mol. The van der Waals surface area contributed by atoms with Crippen molar-refractivity contribution in [1.82, 2.24) is 14.9 Å². The van der Waals surface area contributed by atoms with Crippen LogP contribution < -0.4 is 0 Å². The molecule has 4 heteroatoms. The van der Waals surface area contributed by atoms with Gasteiger partial charge in [-0.25, -0.2) is 9.97 Å². The molecule has 1 saturated heterocycles. The SMILES string of the molecule is CCC[C@]1(CO)CCCN(Cc2cncnc2)C1. The standard InChI is InChI=1S/C14H23N3O/c1-2-4-14(11-18)5-3-6-17(10-14)9-13-7-15-12-16-8-13/h7-8,12,18H,2-6,9-11H2,1H3/t14-/m0/s1. The van der Waals surface area contributed by atoms with Crippen molar-refractivity contribution in [3.63, 3.8) is 0 Å². The van der Waals surface area contributed by atoms with Crippen LogP contribution >= 0.6 is 0 Å². The van der Waals surface area contributed by atoms with Crippen molar-refractivity contribution >= 4 is 0 Å². The molecule has 0 bridgehead atoms. The van der Waals surface area contributed by atoms with E-state index in [1.807, 2.05) is 12.4 Å². The smallest absolute Gasteiger partial charge is 0.115 e. The van der Waals surface area contributed by atoms with Gasteiger partial charge in [-0.05, 0) is 25.8 Å². The van der Waals surface area contributed by atoms with Crippen molar-refractivity contribution in [3.8, 4) is 0 Å². The van der Waals surface area contributed by atoms with Crippen molar-refractivity contribution in [2.24, 2.45) is 5.41 Å². The van der Waals surface area contributed by atoms with E-state index < -0.39 is 0 Å². The molecule has 1 atom stereocenters. The lowest BCUT2D eigenvalue weighted by atomic mass is 9.77. The van der Waals surface area contributed by atoms with Crippen LogP contribution in [0, 0.1) is 5.41 Å². The molecule has 2 heterocycles. The van der Waals surface area contributed by atoms with Gasteiger partial charge in [0.25, 0.3) is 0 Å². The fourth-order valence-electron chi connectivity index (χ4n) is 3.06. The quantitative estimate of drug-likeness (QED) is 0.865. The van der Waals surface area contributed by atoms with Crippen LogP contribution in [0.25, 0.3) is 0 Å². The summed E-state index contributed by atoms with van der Waals surface area (Å²) >= 11 is 0. The fourth-order valence-corrected chi connectivity index (χ4v) is 3.06. The first-order valence-electron chi connectivity index (χ1n) is 6.85. The van der Waals surface area contributed by atoms with Gasteiger partial charge in [-0.3, -0.25) is 4.90 Å². The normalized spacial score (nSPS) is 25.2. The highest BCUT2D eigenvalue weighted by Gasteiger charge is 2.33. The molecule has 2 rings (SSSR count). The first-order chi connectivity index (χ1) is 8.78. The zero-order chi connectivity index (χ0) is 12.8. The molecule has 1 fully saturated rings. The molecule has 18 heavy (non-hydrogen) atoms. The summed E-state index contributed by atoms with van der Waals surface area (Å²) in [7, 11) is 0. The van der Waals surface area contributed by atoms with Crippen LogP contribution in [0.15, 0.2) is 18.7 Å². The predicted octanol–water partition coefficient (Wildman–Crippen LogP) is 1.85. The summed E-state index contributed by atoms with van der Waals surface area (Å²) in [5, 5.41) is 9.71. The molecule has 4 nitrogen and oxygen atoms in total. The number of aliphatic hydroxyl groups is 1. The third-order valence-electron chi connectivity index (χ3n) is 3.88. The lowest BCUT2D eigenvalue weighted by molar-refractivity contribution is 0.0215. The van der Waals surface area contributed by atoms with Crippen molar-refractivity contribution in [3.05, 3.63) is 24.3 Å². The van der Waals surface area contributed by atoms with Gasteiger partial charge in [0.05, 0.1) is 0 Å². The van der Waals surface area contributed by atoms with Gasteiger partial charge < -0.3 is 5.11 Å². The molecule has 0 radical (unpaired) electrons. The first-order valence-corrected chi connectivity index (χ1v) is 6.85. The van der Waals surface area contributed by atoms with E-state index in [1.54, 1.807) is 6.33 Å². The Balaban J connectivity index is 1.98. The Morgan fingerprint density at radius 1 is 1.39 bits per heavy atom. The van der Waals surface area contributed by atoms with Crippen molar-refractivity contribution in [2.75, 3.05) is 19.7 Å². The maximum Gasteiger partial charge on any atom is 0.115 e. The van der Waals surface area contributed by atoms with Gasteiger partial charge in [-0.2, -0.15) is 0 Å². The number of aromatic nitrogens is 2. The summed E-state index contributed by atoms with van der Waals surface area (Å²) in [4.78, 5) is 10.5. The van der Waals surface area contributed by atoms with Gasteiger partial charge >= 0.3 is 0 Å². The highest BCUT2D eigenvalue weighted by Crippen LogP contribution is 2.34. The summed E-state index contributed by atoms with van der Waals surface area (Å²) in [5.41, 5.74) is 1.27. The van der Waals surface area contributed by atoms with Crippen LogP contribution in [0.2, 0.25) is 0 Å². The summed E-state index contributed by atoms with van der Waals surface area (Å²) in [6.45, 7) is 5.50. The second kappa shape index (κ2) is 6.25. The average Bonchev–Trinajstić information content (AvgIpc) is 2.41. The van der Waals surface area contributed by atoms with E-state index in [0.29, 0.717) is 6.61 Å². The zero-order valence-corrected chi connectivity index (χ0v) is 11.2. The molecule has 1 aliphatic rings. The Bertz CT molecular complexity index is 353. The van der Waals surface area contributed by atoms with Crippen LogP contribution in [-0.4, -0.2) is 39.7 Å². The molecule has 1 N–H and O–H groups in total. The van der Waals surface area contributed by atoms with Crippen molar-refractivity contribution < 1.29 is 5.11 Å². The summed E-state index contributed by atoms with van der Waals surface area (Å²) < 4.78 is 0. The highest BCUT2D eigenvalue weighted by atomic mass is 16.3. The minimum atomic E-state index is 0.114. The minimum Gasteiger partial charge on any atom is -0.396 e. The molecule has 100 valence electrons. The topological polar surface area (TPSA) is 49.2 Å². The maximum absolute atomic E-state index is 9.71. The summed E-state index contributed by atoms with van der Waals surface area (Å²) in [6.07, 6.45) is 9.90. The first kappa shape index (κ1) is 13.4. The molecular formula is C14H23N3O. The third kappa shape index (κ3) is 3.27. The zero-order valence-electron chi connectivity index (χ0n) is 11.2. The van der Waals surface area contributed by atoms with Gasteiger partial charge in [0, 0.05) is 43.1 Å². The average molecular weight is 249 g/mol. The van der Waals surface area contributed by atoms with Crippen LogP contribution in [-0.2, 0) is 6.54 Å². The lowest BCUT2D eigenvalue weighted by Crippen LogP contribution is -2.44. The van der Waals surface area contributed by atoms with E-state index in [2.05, 4.69) is 21.8 Å². The molecule has 0 aliphatic carbocycles. The van der Waals surface area contributed by atoms with Crippen LogP contribution in [0.3, 0.4) is 0 Å². The van der Waals surface area contributed by atoms with E-state index >= 15 is 0 Å². The van der Waals surface area contributed by atoms with Gasteiger partial charge in [-0.1, -0.05) is 13.3 Å². The molecule has 0 unspecified atom stereocenters. The Kier molecular flexibility index (Phi) is 4.66. The molecule has 1 aliphatic heterocycles. The number of rotatable bonds is 5. The van der Waals surface area contributed by atoms with E-state index in [-0.39, 0.29) is 5.41 Å². The molecule has 1 aromatic heterocycles. The number of hydrogen-bond acceptors (Lipinski definition) is 4. The molecule has 1 aromatic rings. The van der Waals surface area contributed by atoms with Crippen molar-refractivity contribution in [1.29, 1.82) is 0 Å². The van der Waals surface area contributed by atoms with E-state index in [9.17, 15) is 5.11 Å². The van der Waals surface area contributed by atoms with Gasteiger partial charge in [-0.15, -0.1) is 0 Å². The molecular weight excluding hydrogens is 226 g/mol. The van der Waals surface area contributed by atoms with E-state index in [4.69, 9.17) is 0 Å². The van der Waals surface area contributed by atoms with Crippen LogP contribution in [0.5, 0.6) is 0 Å². The predicted molar refractivity (Wildman–Crippen MR) is 71.0 cm³/mol. The molecule has 0 amide bonds. The van der Waals surface area contributed by atoms with Gasteiger partial charge in [0.15, 0.2) is 0 Å². The van der Waals surface area contributed by atoms with Gasteiger partial charge in [0.2, 0.25) is 0 Å². The Morgan fingerprint density at radius 3 is 2.83 bits per heavy atom. The number of piperidine rings is 1. The highest BCUT2D eigenvalue weighted by molar-refractivity contribution is 5.03. The van der Waals surface area contributed by atoms with E-state index in [1.165, 1.54) is 6.42 Å². The second-order valence-electron chi connectivity index (χ2n) is 5.47. The van der Waals surface area contributed by atoms with Gasteiger partial charge in [0.1, 0.15) is 6.33 Å². The summed E-state index contributed by atoms with van der Waals surface area (Å²) in [6, 6.07) is 0. The fraction of sp³-hybridized carbons (Fsp3) is 0.714. The molecule has 0 saturated carbocycles. The lowest BCUT2D eigenvalue weighted by Gasteiger charge is -2.42. The third-order valence-corrected chi connectivity index (χ3v) is 3.88. The Labute approximate surface area is 109 Å². The second-order valence-corrected chi connectivity index (χ2v) is 5.47. The number of aliphatic hydroxyl groups excluding tert-OH is 1. The molecule has 0 aromatic carbocycles. The van der Waals surface area contributed by atoms with Crippen LogP contribution in [0.1, 0.15) is 38.2 Å². The van der Waals surface area contributed by atoms with Crippen LogP contribution in [0.4, 0.5) is 0 Å². The molecule has 0 spiro atoms. The largest absolute Gasteiger partial charge is 0.396 e. The Morgan fingerprint density at radius 2 is 2.17 bits per heavy atom. The minimum absolute atomic E-state index is 0.114.